The number of thiocarbonyl (C=S) groups is 1. The molecule has 2 N–H and O–H groups in total. The standard InChI is InChI=1S/C11H14N2O2S/c1-3-10(14)12-8-5-4-6-9(7-8)13-11(16)15-2/h4-7H,3H2,1-2H3,(H,12,14)(H,13,16). The number of anilines is 2. The van der Waals surface area contributed by atoms with Gasteiger partial charge in [-0.2, -0.15) is 0 Å². The number of methoxy groups -OCH3 is 1. The zero-order valence-corrected chi connectivity index (χ0v) is 10.1. The SMILES string of the molecule is CCC(=O)Nc1cccc(NC(=S)OC)c1. The number of benzene rings is 1. The van der Waals surface area contributed by atoms with Crippen LogP contribution in [-0.4, -0.2) is 18.2 Å². The highest BCUT2D eigenvalue weighted by atomic mass is 32.1. The maximum Gasteiger partial charge on any atom is 0.260 e. The Bertz CT molecular complexity index is 360. The van der Waals surface area contributed by atoms with Crippen molar-refractivity contribution < 1.29 is 9.53 Å². The molecule has 0 aromatic heterocycles. The van der Waals surface area contributed by atoms with Gasteiger partial charge in [0.25, 0.3) is 5.17 Å². The van der Waals surface area contributed by atoms with Gasteiger partial charge in [-0.15, -0.1) is 0 Å². The van der Waals surface area contributed by atoms with Crippen LogP contribution in [0.15, 0.2) is 24.3 Å². The second-order valence-corrected chi connectivity index (χ2v) is 3.47. The van der Waals surface area contributed by atoms with Crippen molar-refractivity contribution in [2.75, 3.05) is 17.7 Å². The van der Waals surface area contributed by atoms with Crippen molar-refractivity contribution in [1.29, 1.82) is 0 Å². The van der Waals surface area contributed by atoms with Gasteiger partial charge in [0.1, 0.15) is 0 Å². The molecule has 1 rings (SSSR count). The van der Waals surface area contributed by atoms with Crippen LogP contribution in [0.2, 0.25) is 0 Å². The minimum atomic E-state index is -0.0218. The van der Waals surface area contributed by atoms with E-state index in [-0.39, 0.29) is 5.91 Å². The van der Waals surface area contributed by atoms with E-state index in [1.807, 2.05) is 18.2 Å². The second-order valence-electron chi connectivity index (χ2n) is 3.10. The number of carbonyl (C=O) groups is 1. The molecule has 0 fully saturated rings. The summed E-state index contributed by atoms with van der Waals surface area (Å²) in [4.78, 5) is 11.2. The first-order valence-corrected chi connectivity index (χ1v) is 5.31. The minimum absolute atomic E-state index is 0.0218. The van der Waals surface area contributed by atoms with Crippen LogP contribution in [0.5, 0.6) is 0 Å². The Balaban J connectivity index is 2.71. The van der Waals surface area contributed by atoms with E-state index in [2.05, 4.69) is 10.6 Å². The van der Waals surface area contributed by atoms with Crippen molar-refractivity contribution in [3.63, 3.8) is 0 Å². The summed E-state index contributed by atoms with van der Waals surface area (Å²) in [6.07, 6.45) is 0.453. The summed E-state index contributed by atoms with van der Waals surface area (Å²) < 4.78 is 4.83. The summed E-state index contributed by atoms with van der Waals surface area (Å²) in [7, 11) is 1.50. The predicted octanol–water partition coefficient (Wildman–Crippen LogP) is 2.38. The summed E-state index contributed by atoms with van der Waals surface area (Å²) in [6, 6.07) is 7.27. The van der Waals surface area contributed by atoms with Crippen LogP contribution in [0.1, 0.15) is 13.3 Å². The van der Waals surface area contributed by atoms with Crippen LogP contribution in [0.25, 0.3) is 0 Å². The number of ether oxygens (including phenoxy) is 1. The third kappa shape index (κ3) is 3.86. The summed E-state index contributed by atoms with van der Waals surface area (Å²) in [6.45, 7) is 1.80. The van der Waals surface area contributed by atoms with Gasteiger partial charge in [-0.3, -0.25) is 4.79 Å². The van der Waals surface area contributed by atoms with Gasteiger partial charge >= 0.3 is 0 Å². The molecule has 16 heavy (non-hydrogen) atoms. The molecule has 0 radical (unpaired) electrons. The van der Waals surface area contributed by atoms with Gasteiger partial charge < -0.3 is 15.4 Å². The van der Waals surface area contributed by atoms with Crippen LogP contribution in [-0.2, 0) is 9.53 Å². The molecule has 0 aliphatic carbocycles. The van der Waals surface area contributed by atoms with E-state index >= 15 is 0 Å². The molecule has 0 heterocycles. The maximum absolute atomic E-state index is 11.2. The lowest BCUT2D eigenvalue weighted by Crippen LogP contribution is -2.12. The molecule has 1 aromatic rings. The lowest BCUT2D eigenvalue weighted by Gasteiger charge is -2.08. The number of nitrogens with one attached hydrogen (secondary N) is 2. The largest absolute Gasteiger partial charge is 0.474 e. The zero-order valence-electron chi connectivity index (χ0n) is 9.24. The molecule has 0 aliphatic rings. The smallest absolute Gasteiger partial charge is 0.260 e. The first kappa shape index (κ1) is 12.4. The molecular formula is C11H14N2O2S. The van der Waals surface area contributed by atoms with Crippen LogP contribution < -0.4 is 10.6 Å². The Morgan fingerprint density at radius 1 is 1.38 bits per heavy atom. The quantitative estimate of drug-likeness (QED) is 0.794. The van der Waals surface area contributed by atoms with Crippen LogP contribution >= 0.6 is 12.2 Å². The summed E-state index contributed by atoms with van der Waals surface area (Å²) >= 11 is 4.87. The van der Waals surface area contributed by atoms with E-state index in [4.69, 9.17) is 17.0 Å². The molecule has 1 amide bonds. The minimum Gasteiger partial charge on any atom is -0.474 e. The van der Waals surface area contributed by atoms with Gasteiger partial charge in [0.05, 0.1) is 7.11 Å². The maximum atomic E-state index is 11.2. The third-order valence-corrected chi connectivity index (χ3v) is 2.17. The van der Waals surface area contributed by atoms with Gasteiger partial charge in [-0.05, 0) is 30.4 Å². The third-order valence-electron chi connectivity index (χ3n) is 1.90. The molecule has 0 bridgehead atoms. The number of carbonyl (C=O) groups excluding carboxylic acids is 1. The van der Waals surface area contributed by atoms with E-state index in [9.17, 15) is 4.79 Å². The Hall–Kier alpha value is -1.62. The summed E-state index contributed by atoms with van der Waals surface area (Å²) in [5.74, 6) is -0.0218. The number of rotatable bonds is 3. The fraction of sp³-hybridized carbons (Fsp3) is 0.273. The van der Waals surface area contributed by atoms with E-state index < -0.39 is 0 Å². The van der Waals surface area contributed by atoms with E-state index in [0.717, 1.165) is 11.4 Å². The molecule has 0 saturated heterocycles. The van der Waals surface area contributed by atoms with Crippen molar-refractivity contribution >= 4 is 34.7 Å². The van der Waals surface area contributed by atoms with Crippen molar-refractivity contribution in [3.8, 4) is 0 Å². The van der Waals surface area contributed by atoms with Gasteiger partial charge in [0.2, 0.25) is 5.91 Å². The summed E-state index contributed by atoms with van der Waals surface area (Å²) in [5.41, 5.74) is 1.51. The summed E-state index contributed by atoms with van der Waals surface area (Å²) in [5, 5.41) is 5.93. The molecule has 5 heteroatoms. The fourth-order valence-corrected chi connectivity index (χ4v) is 1.21. The highest BCUT2D eigenvalue weighted by Crippen LogP contribution is 2.15. The molecule has 86 valence electrons. The Labute approximate surface area is 100.0 Å². The number of hydrogen-bond donors (Lipinski definition) is 2. The second kappa shape index (κ2) is 6.07. The Morgan fingerprint density at radius 2 is 2.00 bits per heavy atom. The molecule has 0 unspecified atom stereocenters. The van der Waals surface area contributed by atoms with Crippen molar-refractivity contribution in [2.24, 2.45) is 0 Å². The predicted molar refractivity (Wildman–Crippen MR) is 68.6 cm³/mol. The highest BCUT2D eigenvalue weighted by Gasteiger charge is 2.01. The molecule has 0 saturated carbocycles. The highest BCUT2D eigenvalue weighted by molar-refractivity contribution is 7.80. The average molecular weight is 238 g/mol. The van der Waals surface area contributed by atoms with Crippen molar-refractivity contribution in [1.82, 2.24) is 0 Å². The van der Waals surface area contributed by atoms with Gasteiger partial charge in [0.15, 0.2) is 0 Å². The topological polar surface area (TPSA) is 50.4 Å². The van der Waals surface area contributed by atoms with E-state index in [0.29, 0.717) is 11.6 Å². The molecule has 0 aliphatic heterocycles. The molecular weight excluding hydrogens is 224 g/mol. The molecule has 0 spiro atoms. The van der Waals surface area contributed by atoms with E-state index in [1.54, 1.807) is 13.0 Å². The van der Waals surface area contributed by atoms with E-state index in [1.165, 1.54) is 7.11 Å². The monoisotopic (exact) mass is 238 g/mol. The van der Waals surface area contributed by atoms with Gasteiger partial charge in [0, 0.05) is 17.8 Å². The normalized spacial score (nSPS) is 9.38. The fourth-order valence-electron chi connectivity index (χ4n) is 1.09. The lowest BCUT2D eigenvalue weighted by atomic mass is 10.2. The molecule has 4 nitrogen and oxygen atoms in total. The van der Waals surface area contributed by atoms with Gasteiger partial charge in [-0.1, -0.05) is 13.0 Å². The zero-order chi connectivity index (χ0) is 12.0. The average Bonchev–Trinajstić information content (AvgIpc) is 2.29. The number of hydrogen-bond acceptors (Lipinski definition) is 3. The Kier molecular flexibility index (Phi) is 4.72. The first-order chi connectivity index (χ1) is 7.65. The van der Waals surface area contributed by atoms with Crippen molar-refractivity contribution in [2.45, 2.75) is 13.3 Å². The molecule has 1 aromatic carbocycles. The van der Waals surface area contributed by atoms with Crippen LogP contribution in [0, 0.1) is 0 Å². The molecule has 0 atom stereocenters. The Morgan fingerprint density at radius 3 is 2.56 bits per heavy atom. The van der Waals surface area contributed by atoms with Crippen LogP contribution in [0.3, 0.4) is 0 Å². The number of amides is 1. The first-order valence-electron chi connectivity index (χ1n) is 4.90. The van der Waals surface area contributed by atoms with Gasteiger partial charge in [-0.25, -0.2) is 0 Å². The lowest BCUT2D eigenvalue weighted by molar-refractivity contribution is -0.115. The van der Waals surface area contributed by atoms with Crippen LogP contribution in [0.4, 0.5) is 11.4 Å². The van der Waals surface area contributed by atoms with Crippen molar-refractivity contribution in [3.05, 3.63) is 24.3 Å².